The third-order valence-corrected chi connectivity index (χ3v) is 7.05. The van der Waals surface area contributed by atoms with Gasteiger partial charge in [0, 0.05) is 17.6 Å². The number of rotatable bonds is 7. The Morgan fingerprint density at radius 3 is 2.74 bits per heavy atom. The first-order chi connectivity index (χ1) is 16.8. The van der Waals surface area contributed by atoms with Gasteiger partial charge >= 0.3 is 0 Å². The second kappa shape index (κ2) is 9.16. The number of anilines is 1. The van der Waals surface area contributed by atoms with E-state index in [1.54, 1.807) is 0 Å². The molecule has 1 saturated carbocycles. The summed E-state index contributed by atoms with van der Waals surface area (Å²) in [6.07, 6.45) is 5.01. The molecule has 2 atom stereocenters. The molecule has 178 valence electrons. The monoisotopic (exact) mass is 464 g/mol. The summed E-state index contributed by atoms with van der Waals surface area (Å²) < 4.78 is 0. The van der Waals surface area contributed by atoms with E-state index in [9.17, 15) is 4.79 Å². The van der Waals surface area contributed by atoms with Gasteiger partial charge in [0.05, 0.1) is 16.6 Å². The van der Waals surface area contributed by atoms with Gasteiger partial charge in [0.15, 0.2) is 0 Å². The Bertz CT molecular complexity index is 1420. The zero-order chi connectivity index (χ0) is 24.6. The number of hydrogen-bond acceptors (Lipinski definition) is 3. The lowest BCUT2D eigenvalue weighted by Gasteiger charge is -2.14. The highest BCUT2D eigenvalue weighted by atomic mass is 16.2. The Kier molecular flexibility index (Phi) is 6.03. The van der Waals surface area contributed by atoms with Crippen molar-refractivity contribution in [1.29, 1.82) is 0 Å². The van der Waals surface area contributed by atoms with Crippen molar-refractivity contribution in [3.8, 4) is 0 Å². The van der Waals surface area contributed by atoms with Gasteiger partial charge in [0.25, 0.3) is 0 Å². The summed E-state index contributed by atoms with van der Waals surface area (Å²) in [6.45, 7) is 4.99. The summed E-state index contributed by atoms with van der Waals surface area (Å²) >= 11 is 0. The third-order valence-electron chi connectivity index (χ3n) is 7.05. The van der Waals surface area contributed by atoms with E-state index in [-0.39, 0.29) is 11.8 Å². The molecule has 1 heterocycles. The molecule has 4 aromatic rings. The molecule has 2 N–H and O–H groups in total. The predicted molar refractivity (Wildman–Crippen MR) is 144 cm³/mol. The van der Waals surface area contributed by atoms with Crippen LogP contribution in [0.5, 0.6) is 0 Å². The van der Waals surface area contributed by atoms with Gasteiger partial charge in [-0.15, -0.1) is 0 Å². The Hall–Kier alpha value is -3.70. The van der Waals surface area contributed by atoms with Crippen LogP contribution in [0.15, 0.2) is 66.7 Å². The van der Waals surface area contributed by atoms with Crippen molar-refractivity contribution < 1.29 is 4.79 Å². The Morgan fingerprint density at radius 2 is 1.94 bits per heavy atom. The standard InChI is InChI=1S/C30H32N4O/c1-20-8-5-6-11-26(20)31-29(35)30(2)18-25(30)23-13-14-24-27(32-33-28(24)17-23)15-12-21-9-7-10-22(16-21)19-34(3)4/h5-17,25H,18-19H2,1-4H3,(H,31,35)(H,32,33)/b15-12+/t25-,30+/m0/s1. The number of amides is 1. The molecule has 5 nitrogen and oxygen atoms in total. The molecular weight excluding hydrogens is 432 g/mol. The number of aromatic amines is 1. The quantitative estimate of drug-likeness (QED) is 0.341. The van der Waals surface area contributed by atoms with E-state index in [4.69, 9.17) is 0 Å². The van der Waals surface area contributed by atoms with Crippen LogP contribution in [0, 0.1) is 12.3 Å². The van der Waals surface area contributed by atoms with Crippen molar-refractivity contribution >= 4 is 34.6 Å². The summed E-state index contributed by atoms with van der Waals surface area (Å²) in [5.41, 5.74) is 7.10. The molecule has 0 bridgehead atoms. The molecule has 0 radical (unpaired) electrons. The second-order valence-corrected chi connectivity index (χ2v) is 10.2. The molecule has 1 aromatic heterocycles. The van der Waals surface area contributed by atoms with Crippen LogP contribution in [-0.4, -0.2) is 35.1 Å². The van der Waals surface area contributed by atoms with Crippen LogP contribution in [0.4, 0.5) is 5.69 Å². The smallest absolute Gasteiger partial charge is 0.230 e. The van der Waals surface area contributed by atoms with Gasteiger partial charge < -0.3 is 10.2 Å². The first-order valence-electron chi connectivity index (χ1n) is 12.1. The minimum Gasteiger partial charge on any atom is -0.325 e. The second-order valence-electron chi connectivity index (χ2n) is 10.2. The maximum Gasteiger partial charge on any atom is 0.230 e. The van der Waals surface area contributed by atoms with Gasteiger partial charge in [-0.25, -0.2) is 0 Å². The average molecular weight is 465 g/mol. The molecule has 0 spiro atoms. The molecule has 0 unspecified atom stereocenters. The van der Waals surface area contributed by atoms with E-state index in [1.165, 1.54) is 11.1 Å². The SMILES string of the molecule is Cc1ccccc1NC(=O)[C@]1(C)C[C@H]1c1ccc2c(/C=C/c3cccc(CN(C)C)c3)n[nH]c2c1. The van der Waals surface area contributed by atoms with E-state index in [0.29, 0.717) is 0 Å². The minimum atomic E-state index is -0.393. The van der Waals surface area contributed by atoms with Gasteiger partial charge in [0.1, 0.15) is 0 Å². The molecule has 0 aliphatic heterocycles. The van der Waals surface area contributed by atoms with Crippen LogP contribution in [-0.2, 0) is 11.3 Å². The van der Waals surface area contributed by atoms with E-state index >= 15 is 0 Å². The Morgan fingerprint density at radius 1 is 1.11 bits per heavy atom. The number of aryl methyl sites for hydroxylation is 1. The molecule has 35 heavy (non-hydrogen) atoms. The summed E-state index contributed by atoms with van der Waals surface area (Å²) in [6, 6.07) is 22.9. The van der Waals surface area contributed by atoms with E-state index in [1.807, 2.05) is 31.2 Å². The molecule has 3 aromatic carbocycles. The number of carbonyl (C=O) groups excluding carboxylic acids is 1. The average Bonchev–Trinajstić information content (AvgIpc) is 3.37. The van der Waals surface area contributed by atoms with Crippen LogP contribution in [0.3, 0.4) is 0 Å². The molecule has 1 aliphatic rings. The number of carbonyl (C=O) groups is 1. The maximum absolute atomic E-state index is 13.1. The first-order valence-corrected chi connectivity index (χ1v) is 12.1. The molecule has 0 saturated heterocycles. The lowest BCUT2D eigenvalue weighted by Crippen LogP contribution is -2.23. The fourth-order valence-electron chi connectivity index (χ4n) is 4.82. The summed E-state index contributed by atoms with van der Waals surface area (Å²) in [5.74, 6) is 0.291. The normalized spacial score (nSPS) is 19.5. The molecule has 5 rings (SSSR count). The Balaban J connectivity index is 1.31. The van der Waals surface area contributed by atoms with Gasteiger partial charge in [-0.2, -0.15) is 5.10 Å². The lowest BCUT2D eigenvalue weighted by molar-refractivity contribution is -0.120. The molecular formula is C30H32N4O. The summed E-state index contributed by atoms with van der Waals surface area (Å²) in [5, 5.41) is 11.9. The van der Waals surface area contributed by atoms with Crippen LogP contribution in [0.1, 0.15) is 47.2 Å². The van der Waals surface area contributed by atoms with E-state index in [2.05, 4.69) is 96.0 Å². The largest absolute Gasteiger partial charge is 0.325 e. The van der Waals surface area contributed by atoms with Crippen molar-refractivity contribution in [2.75, 3.05) is 19.4 Å². The van der Waals surface area contributed by atoms with Gasteiger partial charge in [-0.3, -0.25) is 9.89 Å². The van der Waals surface area contributed by atoms with Crippen LogP contribution in [0.25, 0.3) is 23.1 Å². The third kappa shape index (κ3) is 4.77. The van der Waals surface area contributed by atoms with E-state index < -0.39 is 5.41 Å². The van der Waals surface area contributed by atoms with Crippen molar-refractivity contribution in [2.45, 2.75) is 32.7 Å². The van der Waals surface area contributed by atoms with Crippen molar-refractivity contribution in [1.82, 2.24) is 15.1 Å². The number of hydrogen-bond donors (Lipinski definition) is 2. The summed E-state index contributed by atoms with van der Waals surface area (Å²) in [7, 11) is 4.15. The fourth-order valence-corrected chi connectivity index (χ4v) is 4.82. The first kappa shape index (κ1) is 23.1. The number of H-pyrrole nitrogens is 1. The highest BCUT2D eigenvalue weighted by molar-refractivity contribution is 5.99. The van der Waals surface area contributed by atoms with Gasteiger partial charge in [-0.1, -0.05) is 67.6 Å². The number of benzene rings is 3. The molecule has 5 heteroatoms. The highest BCUT2D eigenvalue weighted by Crippen LogP contribution is 2.59. The number of nitrogens with one attached hydrogen (secondary N) is 2. The van der Waals surface area contributed by atoms with Crippen molar-refractivity contribution in [3.63, 3.8) is 0 Å². The minimum absolute atomic E-state index is 0.0848. The summed E-state index contributed by atoms with van der Waals surface area (Å²) in [4.78, 5) is 15.2. The van der Waals surface area contributed by atoms with Crippen LogP contribution >= 0.6 is 0 Å². The zero-order valence-corrected chi connectivity index (χ0v) is 20.8. The molecule has 1 aliphatic carbocycles. The number of aromatic nitrogens is 2. The Labute approximate surface area is 206 Å². The van der Waals surface area contributed by atoms with Crippen LogP contribution in [0.2, 0.25) is 0 Å². The van der Waals surface area contributed by atoms with Gasteiger partial charge in [0.2, 0.25) is 5.91 Å². The predicted octanol–water partition coefficient (Wildman–Crippen LogP) is 6.24. The molecule has 1 amide bonds. The van der Waals surface area contributed by atoms with E-state index in [0.717, 1.165) is 46.4 Å². The fraction of sp³-hybridized carbons (Fsp3) is 0.267. The topological polar surface area (TPSA) is 61.0 Å². The number of nitrogens with zero attached hydrogens (tertiary/aromatic N) is 2. The van der Waals surface area contributed by atoms with Gasteiger partial charge in [-0.05, 0) is 73.8 Å². The van der Waals surface area contributed by atoms with Crippen molar-refractivity contribution in [2.24, 2.45) is 5.41 Å². The number of para-hydroxylation sites is 1. The zero-order valence-electron chi connectivity index (χ0n) is 20.8. The number of fused-ring (bicyclic) bond motifs is 1. The van der Waals surface area contributed by atoms with Crippen LogP contribution < -0.4 is 5.32 Å². The molecule has 1 fully saturated rings. The highest BCUT2D eigenvalue weighted by Gasteiger charge is 2.56. The maximum atomic E-state index is 13.1. The lowest BCUT2D eigenvalue weighted by atomic mass is 9.98. The van der Waals surface area contributed by atoms with Crippen molar-refractivity contribution in [3.05, 3.63) is 94.7 Å².